The molecular weight excluding hydrogens is 472 g/mol. The zero-order valence-corrected chi connectivity index (χ0v) is 20.1. The Bertz CT molecular complexity index is 903. The van der Waals surface area contributed by atoms with Crippen molar-refractivity contribution in [3.8, 4) is 5.75 Å². The van der Waals surface area contributed by atoms with Crippen molar-refractivity contribution >= 4 is 17.8 Å². The first-order valence-corrected chi connectivity index (χ1v) is 11.6. The van der Waals surface area contributed by atoms with Crippen LogP contribution in [-0.4, -0.2) is 52.5 Å². The minimum Gasteiger partial charge on any atom is -0.479 e. The Kier molecular flexibility index (Phi) is 9.91. The lowest BCUT2D eigenvalue weighted by atomic mass is 10.0. The van der Waals surface area contributed by atoms with E-state index in [1.165, 1.54) is 4.90 Å². The van der Waals surface area contributed by atoms with E-state index in [2.05, 4.69) is 5.32 Å². The molecule has 11 heteroatoms. The summed E-state index contributed by atoms with van der Waals surface area (Å²) in [6.45, 7) is 4.53. The first kappa shape index (κ1) is 28.4. The SMILES string of the molecule is CC(C)(C)N(CCCC[C@H](NC(=O)C1CCCC1)C(=O)COc1c(F)c(F)cc(F)c1F)C(=O)O. The van der Waals surface area contributed by atoms with Gasteiger partial charge in [0.1, 0.15) is 6.61 Å². The summed E-state index contributed by atoms with van der Waals surface area (Å²) in [4.78, 5) is 38.1. The Morgan fingerprint density at radius 1 is 1.09 bits per heavy atom. The minimum atomic E-state index is -1.76. The average molecular weight is 505 g/mol. The van der Waals surface area contributed by atoms with E-state index in [1.807, 2.05) is 0 Å². The Hall–Kier alpha value is -2.85. The number of unbranched alkanes of at least 4 members (excludes halogenated alkanes) is 1. The van der Waals surface area contributed by atoms with Gasteiger partial charge in [0, 0.05) is 24.1 Å². The number of nitrogens with one attached hydrogen (secondary N) is 1. The summed E-state index contributed by atoms with van der Waals surface area (Å²) in [7, 11) is 0. The molecule has 1 aliphatic rings. The summed E-state index contributed by atoms with van der Waals surface area (Å²) in [5, 5.41) is 12.0. The Morgan fingerprint density at radius 2 is 1.66 bits per heavy atom. The molecule has 1 aromatic rings. The van der Waals surface area contributed by atoms with Crippen LogP contribution in [0.4, 0.5) is 22.4 Å². The van der Waals surface area contributed by atoms with Crippen LogP contribution in [0.25, 0.3) is 0 Å². The number of Topliss-reactive ketones (excluding diaryl/α,β-unsaturated/α-hetero) is 1. The average Bonchev–Trinajstić information content (AvgIpc) is 3.30. The Morgan fingerprint density at radius 3 is 2.17 bits per heavy atom. The number of carboxylic acid groups (broad SMARTS) is 1. The van der Waals surface area contributed by atoms with Crippen molar-refractivity contribution in [1.29, 1.82) is 0 Å². The van der Waals surface area contributed by atoms with Gasteiger partial charge in [0.2, 0.25) is 17.5 Å². The van der Waals surface area contributed by atoms with Crippen LogP contribution in [-0.2, 0) is 9.59 Å². The van der Waals surface area contributed by atoms with Crippen LogP contribution < -0.4 is 10.1 Å². The quantitative estimate of drug-likeness (QED) is 0.256. The first-order valence-electron chi connectivity index (χ1n) is 11.6. The zero-order chi connectivity index (χ0) is 26.3. The van der Waals surface area contributed by atoms with Crippen molar-refractivity contribution in [2.24, 2.45) is 5.92 Å². The standard InChI is InChI=1S/C24H32F4N2O5/c1-24(2,3)30(23(33)34)11-7-6-10-17(29-22(32)14-8-4-5-9-14)18(31)13-35-21-19(27)15(25)12-16(26)20(21)28/h12,14,17H,4-11,13H2,1-3H3,(H,29,32)(H,33,34)/t17-/m0/s1. The van der Waals surface area contributed by atoms with Gasteiger partial charge in [0.15, 0.2) is 23.2 Å². The second-order valence-electron chi connectivity index (χ2n) is 9.70. The lowest BCUT2D eigenvalue weighted by molar-refractivity contribution is -0.131. The smallest absolute Gasteiger partial charge is 0.407 e. The number of hydrogen-bond acceptors (Lipinski definition) is 4. The molecule has 1 atom stereocenters. The van der Waals surface area contributed by atoms with E-state index in [-0.39, 0.29) is 30.9 Å². The molecule has 0 radical (unpaired) electrons. The molecule has 0 aliphatic heterocycles. The molecule has 2 N–H and O–H groups in total. The third-order valence-electron chi connectivity index (χ3n) is 6.03. The first-order chi connectivity index (χ1) is 16.3. The molecule has 7 nitrogen and oxygen atoms in total. The number of benzene rings is 1. The van der Waals surface area contributed by atoms with E-state index in [1.54, 1.807) is 20.8 Å². The molecule has 0 unspecified atom stereocenters. The summed E-state index contributed by atoms with van der Waals surface area (Å²) in [5.41, 5.74) is -0.625. The molecule has 0 aromatic heterocycles. The molecule has 196 valence electrons. The number of amides is 2. The number of rotatable bonds is 11. The number of ketones is 1. The van der Waals surface area contributed by atoms with E-state index in [4.69, 9.17) is 4.74 Å². The fourth-order valence-corrected chi connectivity index (χ4v) is 4.05. The van der Waals surface area contributed by atoms with E-state index >= 15 is 0 Å². The third kappa shape index (κ3) is 7.83. The van der Waals surface area contributed by atoms with Crippen molar-refractivity contribution in [3.63, 3.8) is 0 Å². The molecule has 0 saturated heterocycles. The highest BCUT2D eigenvalue weighted by Gasteiger charge is 2.30. The molecule has 35 heavy (non-hydrogen) atoms. The van der Waals surface area contributed by atoms with Gasteiger partial charge in [-0.05, 0) is 52.9 Å². The topological polar surface area (TPSA) is 95.9 Å². The van der Waals surface area contributed by atoms with Gasteiger partial charge in [0.25, 0.3) is 0 Å². The van der Waals surface area contributed by atoms with Gasteiger partial charge in [-0.25, -0.2) is 13.6 Å². The highest BCUT2D eigenvalue weighted by Crippen LogP contribution is 2.27. The minimum absolute atomic E-state index is 0.0297. The zero-order valence-electron chi connectivity index (χ0n) is 20.1. The van der Waals surface area contributed by atoms with Crippen LogP contribution in [0.3, 0.4) is 0 Å². The lowest BCUT2D eigenvalue weighted by Crippen LogP contribution is -2.46. The number of halogens is 4. The van der Waals surface area contributed by atoms with Crippen molar-refractivity contribution in [3.05, 3.63) is 29.3 Å². The van der Waals surface area contributed by atoms with Crippen molar-refractivity contribution in [2.45, 2.75) is 77.3 Å². The maximum Gasteiger partial charge on any atom is 0.407 e. The van der Waals surface area contributed by atoms with Gasteiger partial charge in [-0.2, -0.15) is 8.78 Å². The number of hydrogen-bond donors (Lipinski definition) is 2. The number of ether oxygens (including phenoxy) is 1. The van der Waals surface area contributed by atoms with Crippen LogP contribution in [0.2, 0.25) is 0 Å². The Balaban J connectivity index is 2.05. The van der Waals surface area contributed by atoms with E-state index in [9.17, 15) is 37.1 Å². The molecule has 1 fully saturated rings. The highest BCUT2D eigenvalue weighted by atomic mass is 19.2. The van der Waals surface area contributed by atoms with Gasteiger partial charge in [0.05, 0.1) is 6.04 Å². The third-order valence-corrected chi connectivity index (χ3v) is 6.03. The maximum absolute atomic E-state index is 13.9. The maximum atomic E-state index is 13.9. The molecule has 1 saturated carbocycles. The summed E-state index contributed by atoms with van der Waals surface area (Å²) in [5.74, 6) is -9.51. The second-order valence-corrected chi connectivity index (χ2v) is 9.70. The summed E-state index contributed by atoms with van der Waals surface area (Å²) in [6, 6.07) is -1.04. The monoisotopic (exact) mass is 504 g/mol. The van der Waals surface area contributed by atoms with E-state index in [0.717, 1.165) is 12.8 Å². The van der Waals surface area contributed by atoms with Crippen LogP contribution in [0, 0.1) is 29.2 Å². The number of carbonyl (C=O) groups is 3. The van der Waals surface area contributed by atoms with Crippen molar-refractivity contribution in [1.82, 2.24) is 10.2 Å². The summed E-state index contributed by atoms with van der Waals surface area (Å²) >= 11 is 0. The molecule has 2 rings (SSSR count). The second kappa shape index (κ2) is 12.2. The predicted octanol–water partition coefficient (Wildman–Crippen LogP) is 4.81. The number of carbonyl (C=O) groups excluding carboxylic acids is 2. The molecule has 1 aliphatic carbocycles. The molecule has 0 spiro atoms. The van der Waals surface area contributed by atoms with E-state index < -0.39 is 59.1 Å². The molecular formula is C24H32F4N2O5. The fraction of sp³-hybridized carbons (Fsp3) is 0.625. The van der Waals surface area contributed by atoms with Crippen LogP contribution >= 0.6 is 0 Å². The van der Waals surface area contributed by atoms with Gasteiger partial charge in [-0.3, -0.25) is 9.59 Å². The highest BCUT2D eigenvalue weighted by molar-refractivity contribution is 5.90. The summed E-state index contributed by atoms with van der Waals surface area (Å²) in [6.07, 6.45) is 2.94. The van der Waals surface area contributed by atoms with Crippen molar-refractivity contribution < 1.29 is 41.8 Å². The fourth-order valence-electron chi connectivity index (χ4n) is 4.05. The molecule has 0 bridgehead atoms. The predicted molar refractivity (Wildman–Crippen MR) is 119 cm³/mol. The van der Waals surface area contributed by atoms with Crippen LogP contribution in [0.5, 0.6) is 5.75 Å². The largest absolute Gasteiger partial charge is 0.479 e. The van der Waals surface area contributed by atoms with Gasteiger partial charge in [-0.1, -0.05) is 12.8 Å². The molecule has 1 aromatic carbocycles. The van der Waals surface area contributed by atoms with Gasteiger partial charge in [-0.15, -0.1) is 0 Å². The summed E-state index contributed by atoms with van der Waals surface area (Å²) < 4.78 is 59.3. The lowest BCUT2D eigenvalue weighted by Gasteiger charge is -2.33. The normalized spacial score (nSPS) is 15.1. The molecule has 2 amide bonds. The van der Waals surface area contributed by atoms with Gasteiger partial charge < -0.3 is 20.1 Å². The Labute approximate surface area is 201 Å². The van der Waals surface area contributed by atoms with Crippen molar-refractivity contribution in [2.75, 3.05) is 13.2 Å². The number of nitrogens with zero attached hydrogens (tertiary/aromatic N) is 1. The van der Waals surface area contributed by atoms with Crippen LogP contribution in [0.1, 0.15) is 65.7 Å². The molecule has 0 heterocycles. The van der Waals surface area contributed by atoms with Gasteiger partial charge >= 0.3 is 6.09 Å². The van der Waals surface area contributed by atoms with Crippen LogP contribution in [0.15, 0.2) is 6.07 Å². The van der Waals surface area contributed by atoms with E-state index in [0.29, 0.717) is 25.7 Å².